The van der Waals surface area contributed by atoms with Crippen LogP contribution in [0.25, 0.3) is 11.3 Å². The molecule has 0 spiro atoms. The Kier molecular flexibility index (Phi) is 4.71. The average molecular weight is 288 g/mol. The van der Waals surface area contributed by atoms with Gasteiger partial charge in [-0.05, 0) is 6.92 Å². The Morgan fingerprint density at radius 3 is 2.71 bits per heavy atom. The number of hydrogen-bond donors (Lipinski definition) is 2. The van der Waals surface area contributed by atoms with Crippen molar-refractivity contribution < 1.29 is 19.1 Å². The van der Waals surface area contributed by atoms with Gasteiger partial charge in [-0.15, -0.1) is 0 Å². The molecule has 21 heavy (non-hydrogen) atoms. The van der Waals surface area contributed by atoms with Crippen LogP contribution in [0.15, 0.2) is 40.9 Å². The summed E-state index contributed by atoms with van der Waals surface area (Å²) < 4.78 is 5.57. The molecule has 0 unspecified atom stereocenters. The quantitative estimate of drug-likeness (QED) is 0.846. The van der Waals surface area contributed by atoms with E-state index < -0.39 is 12.0 Å². The van der Waals surface area contributed by atoms with Crippen LogP contribution in [0, 0.1) is 0 Å². The molecule has 1 aromatic carbocycles. The zero-order valence-corrected chi connectivity index (χ0v) is 11.6. The Morgan fingerprint density at radius 1 is 1.33 bits per heavy atom. The summed E-state index contributed by atoms with van der Waals surface area (Å²) in [6.07, 6.45) is 2.07. The molecule has 1 heterocycles. The number of carboxylic acid groups (broad SMARTS) is 1. The predicted octanol–water partition coefficient (Wildman–Crippen LogP) is 1.86. The lowest BCUT2D eigenvalue weighted by atomic mass is 10.2. The minimum absolute atomic E-state index is 0.131. The number of aliphatic carboxylic acids is 1. The maximum Gasteiger partial charge on any atom is 0.325 e. The van der Waals surface area contributed by atoms with E-state index in [9.17, 15) is 9.59 Å². The van der Waals surface area contributed by atoms with Crippen molar-refractivity contribution in [3.05, 3.63) is 42.4 Å². The van der Waals surface area contributed by atoms with E-state index in [1.54, 1.807) is 6.20 Å². The highest BCUT2D eigenvalue weighted by atomic mass is 16.4. The van der Waals surface area contributed by atoms with Crippen LogP contribution in [0.4, 0.5) is 0 Å². The lowest BCUT2D eigenvalue weighted by Crippen LogP contribution is -2.38. The molecule has 0 bridgehead atoms. The van der Waals surface area contributed by atoms with Gasteiger partial charge < -0.3 is 14.8 Å². The fourth-order valence-electron chi connectivity index (χ4n) is 1.76. The van der Waals surface area contributed by atoms with Gasteiger partial charge in [-0.3, -0.25) is 9.59 Å². The first kappa shape index (κ1) is 14.8. The summed E-state index contributed by atoms with van der Waals surface area (Å²) >= 11 is 0. The number of carbonyl (C=O) groups is 2. The van der Waals surface area contributed by atoms with Gasteiger partial charge in [0.05, 0.1) is 6.20 Å². The number of benzene rings is 1. The van der Waals surface area contributed by atoms with Gasteiger partial charge in [-0.1, -0.05) is 30.3 Å². The molecule has 0 saturated heterocycles. The minimum atomic E-state index is -1.06. The molecule has 0 aliphatic carbocycles. The second-order valence-electron chi connectivity index (χ2n) is 4.61. The zero-order valence-electron chi connectivity index (χ0n) is 11.6. The fourth-order valence-corrected chi connectivity index (χ4v) is 1.76. The number of nitrogens with one attached hydrogen (secondary N) is 1. The third kappa shape index (κ3) is 4.17. The maximum absolute atomic E-state index is 11.6. The number of amides is 1. The molecule has 2 aromatic rings. The lowest BCUT2D eigenvalue weighted by molar-refractivity contribution is -0.141. The lowest BCUT2D eigenvalue weighted by Gasteiger charge is -2.07. The molecule has 6 heteroatoms. The van der Waals surface area contributed by atoms with Gasteiger partial charge in [0.25, 0.3) is 0 Å². The number of carboxylic acids is 1. The summed E-state index contributed by atoms with van der Waals surface area (Å²) in [5.41, 5.74) is 0.917. The SMILES string of the molecule is C[C@@H](NC(=O)CCc1ncc(-c2ccccc2)o1)C(=O)O. The van der Waals surface area contributed by atoms with Crippen molar-refractivity contribution in [1.29, 1.82) is 0 Å². The van der Waals surface area contributed by atoms with E-state index in [4.69, 9.17) is 9.52 Å². The number of carbonyl (C=O) groups excluding carboxylic acids is 1. The Labute approximate surface area is 121 Å². The highest BCUT2D eigenvalue weighted by molar-refractivity contribution is 5.83. The average Bonchev–Trinajstić information content (AvgIpc) is 2.95. The molecule has 2 N–H and O–H groups in total. The Balaban J connectivity index is 1.89. The first-order valence-electron chi connectivity index (χ1n) is 6.58. The first-order chi connectivity index (χ1) is 10.1. The number of aryl methyl sites for hydroxylation is 1. The molecule has 0 saturated carbocycles. The zero-order chi connectivity index (χ0) is 15.2. The van der Waals surface area contributed by atoms with E-state index in [2.05, 4.69) is 10.3 Å². The molecule has 2 rings (SSSR count). The largest absolute Gasteiger partial charge is 0.480 e. The molecule has 0 aliphatic heterocycles. The molecule has 110 valence electrons. The van der Waals surface area contributed by atoms with Gasteiger partial charge in [-0.25, -0.2) is 4.98 Å². The summed E-state index contributed by atoms with van der Waals surface area (Å²) in [6.45, 7) is 1.42. The summed E-state index contributed by atoms with van der Waals surface area (Å²) in [6, 6.07) is 8.63. The van der Waals surface area contributed by atoms with E-state index in [1.807, 2.05) is 30.3 Å². The van der Waals surface area contributed by atoms with Crippen LogP contribution >= 0.6 is 0 Å². The third-order valence-electron chi connectivity index (χ3n) is 2.93. The second-order valence-corrected chi connectivity index (χ2v) is 4.61. The van der Waals surface area contributed by atoms with Gasteiger partial charge in [0.1, 0.15) is 6.04 Å². The summed E-state index contributed by atoms with van der Waals surface area (Å²) in [5.74, 6) is -0.313. The monoisotopic (exact) mass is 288 g/mol. The standard InChI is InChI=1S/C15H16N2O4/c1-10(15(19)20)17-13(18)7-8-14-16-9-12(21-14)11-5-3-2-4-6-11/h2-6,9-10H,7-8H2,1H3,(H,17,18)(H,19,20)/t10-/m1/s1. The van der Waals surface area contributed by atoms with Gasteiger partial charge in [0.2, 0.25) is 5.91 Å². The molecule has 0 fully saturated rings. The number of rotatable bonds is 6. The topological polar surface area (TPSA) is 92.4 Å². The molecule has 1 atom stereocenters. The first-order valence-corrected chi connectivity index (χ1v) is 6.58. The molecule has 6 nitrogen and oxygen atoms in total. The van der Waals surface area contributed by atoms with Gasteiger partial charge in [0.15, 0.2) is 11.7 Å². The van der Waals surface area contributed by atoms with Crippen molar-refractivity contribution in [3.63, 3.8) is 0 Å². The Hall–Kier alpha value is -2.63. The number of aromatic nitrogens is 1. The van der Waals surface area contributed by atoms with Crippen molar-refractivity contribution in [1.82, 2.24) is 10.3 Å². The highest BCUT2D eigenvalue weighted by Crippen LogP contribution is 2.20. The van der Waals surface area contributed by atoms with Crippen molar-refractivity contribution in [2.45, 2.75) is 25.8 Å². The van der Waals surface area contributed by atoms with E-state index >= 15 is 0 Å². The molecule has 0 radical (unpaired) electrons. The van der Waals surface area contributed by atoms with Crippen LogP contribution < -0.4 is 5.32 Å². The van der Waals surface area contributed by atoms with Crippen molar-refractivity contribution >= 4 is 11.9 Å². The number of nitrogens with zero attached hydrogens (tertiary/aromatic N) is 1. The van der Waals surface area contributed by atoms with Crippen LogP contribution in [0.2, 0.25) is 0 Å². The van der Waals surface area contributed by atoms with Crippen LogP contribution in [0.3, 0.4) is 0 Å². The summed E-state index contributed by atoms with van der Waals surface area (Å²) in [4.78, 5) is 26.3. The van der Waals surface area contributed by atoms with E-state index in [0.29, 0.717) is 18.1 Å². The van der Waals surface area contributed by atoms with Crippen LogP contribution in [-0.2, 0) is 16.0 Å². The third-order valence-corrected chi connectivity index (χ3v) is 2.93. The Bertz CT molecular complexity index is 622. The van der Waals surface area contributed by atoms with Crippen molar-refractivity contribution in [2.75, 3.05) is 0 Å². The van der Waals surface area contributed by atoms with E-state index in [-0.39, 0.29) is 12.3 Å². The molecule has 0 aliphatic rings. The second kappa shape index (κ2) is 6.69. The minimum Gasteiger partial charge on any atom is -0.480 e. The maximum atomic E-state index is 11.6. The molecule has 1 aromatic heterocycles. The Morgan fingerprint density at radius 2 is 2.05 bits per heavy atom. The number of oxazole rings is 1. The van der Waals surface area contributed by atoms with Gasteiger partial charge >= 0.3 is 5.97 Å². The van der Waals surface area contributed by atoms with E-state index in [1.165, 1.54) is 6.92 Å². The van der Waals surface area contributed by atoms with E-state index in [0.717, 1.165) is 5.56 Å². The number of hydrogen-bond acceptors (Lipinski definition) is 4. The molecule has 1 amide bonds. The predicted molar refractivity (Wildman–Crippen MR) is 75.5 cm³/mol. The highest BCUT2D eigenvalue weighted by Gasteiger charge is 2.14. The van der Waals surface area contributed by atoms with Crippen LogP contribution in [0.5, 0.6) is 0 Å². The smallest absolute Gasteiger partial charge is 0.325 e. The van der Waals surface area contributed by atoms with Gasteiger partial charge in [-0.2, -0.15) is 0 Å². The van der Waals surface area contributed by atoms with Crippen molar-refractivity contribution in [2.24, 2.45) is 0 Å². The van der Waals surface area contributed by atoms with Crippen molar-refractivity contribution in [3.8, 4) is 11.3 Å². The summed E-state index contributed by atoms with van der Waals surface area (Å²) in [7, 11) is 0. The molecular weight excluding hydrogens is 272 g/mol. The molecular formula is C15H16N2O4. The van der Waals surface area contributed by atoms with Crippen LogP contribution in [0.1, 0.15) is 19.2 Å². The van der Waals surface area contributed by atoms with Gasteiger partial charge in [0, 0.05) is 18.4 Å². The summed E-state index contributed by atoms with van der Waals surface area (Å²) in [5, 5.41) is 11.1. The normalized spacial score (nSPS) is 11.9. The fraction of sp³-hybridized carbons (Fsp3) is 0.267. The van der Waals surface area contributed by atoms with Crippen LogP contribution in [-0.4, -0.2) is 28.0 Å².